The molecular weight excluding hydrogens is 294 g/mol. The van der Waals surface area contributed by atoms with Gasteiger partial charge in [-0.05, 0) is 18.4 Å². The molecule has 0 spiro atoms. The molecule has 0 unspecified atom stereocenters. The highest BCUT2D eigenvalue weighted by Crippen LogP contribution is 2.26. The van der Waals surface area contributed by atoms with Crippen LogP contribution in [0, 0.1) is 6.92 Å². The van der Waals surface area contributed by atoms with Crippen LogP contribution in [0.2, 0.25) is 0 Å². The molecule has 0 saturated heterocycles. The van der Waals surface area contributed by atoms with Crippen molar-refractivity contribution in [2.45, 2.75) is 13.5 Å². The zero-order valence-corrected chi connectivity index (χ0v) is 12.2. The molecule has 0 bridgehead atoms. The lowest BCUT2D eigenvalue weighted by Gasteiger charge is -2.16. The molecule has 2 aromatic rings. The van der Waals surface area contributed by atoms with Crippen LogP contribution < -0.4 is 5.73 Å². The average Bonchev–Trinajstić information content (AvgIpc) is 2.98. The predicted molar refractivity (Wildman–Crippen MR) is 76.7 cm³/mol. The zero-order valence-electron chi connectivity index (χ0n) is 11.4. The molecule has 0 aliphatic rings. The van der Waals surface area contributed by atoms with E-state index in [0.29, 0.717) is 17.3 Å². The Morgan fingerprint density at radius 1 is 1.48 bits per heavy atom. The van der Waals surface area contributed by atoms with Crippen LogP contribution in [0.15, 0.2) is 21.9 Å². The second kappa shape index (κ2) is 6.51. The number of amides is 1. The maximum absolute atomic E-state index is 11.0. The Labute approximate surface area is 125 Å². The molecule has 3 N–H and O–H groups in total. The second-order valence-corrected chi connectivity index (χ2v) is 5.45. The van der Waals surface area contributed by atoms with E-state index < -0.39 is 11.9 Å². The molecule has 1 amide bonds. The van der Waals surface area contributed by atoms with Crippen molar-refractivity contribution in [2.24, 2.45) is 5.73 Å². The highest BCUT2D eigenvalue weighted by molar-refractivity contribution is 7.13. The molecule has 0 fully saturated rings. The molecule has 0 aromatic carbocycles. The molecule has 2 rings (SSSR count). The minimum atomic E-state index is -1.03. The van der Waals surface area contributed by atoms with Crippen molar-refractivity contribution in [3.8, 4) is 10.8 Å². The maximum Gasteiger partial charge on any atom is 0.317 e. The van der Waals surface area contributed by atoms with E-state index in [1.54, 1.807) is 6.92 Å². The number of aromatic nitrogens is 1. The summed E-state index contributed by atoms with van der Waals surface area (Å²) in [6.45, 7) is 1.51. The number of hydrogen-bond donors (Lipinski definition) is 2. The number of primary amides is 1. The first kappa shape index (κ1) is 15.2. The highest BCUT2D eigenvalue weighted by atomic mass is 32.1. The van der Waals surface area contributed by atoms with E-state index in [1.165, 1.54) is 16.2 Å². The van der Waals surface area contributed by atoms with Crippen molar-refractivity contribution < 1.29 is 19.1 Å². The van der Waals surface area contributed by atoms with Crippen LogP contribution in [0.4, 0.5) is 0 Å². The predicted octanol–water partition coefficient (Wildman–Crippen LogP) is 1.08. The Balaban J connectivity index is 2.16. The average molecular weight is 309 g/mol. The first-order chi connectivity index (χ1) is 9.95. The molecular formula is C13H15N3O4S. The van der Waals surface area contributed by atoms with Gasteiger partial charge < -0.3 is 15.3 Å². The number of oxazole rings is 1. The number of carboxylic acids is 1. The highest BCUT2D eigenvalue weighted by Gasteiger charge is 2.18. The van der Waals surface area contributed by atoms with Gasteiger partial charge in [0.1, 0.15) is 5.76 Å². The first-order valence-corrected chi connectivity index (χ1v) is 7.06. The molecule has 112 valence electrons. The van der Waals surface area contributed by atoms with E-state index >= 15 is 0 Å². The fourth-order valence-corrected chi connectivity index (χ4v) is 2.52. The van der Waals surface area contributed by atoms with Gasteiger partial charge in [-0.15, -0.1) is 11.3 Å². The third kappa shape index (κ3) is 4.14. The SMILES string of the molecule is Cc1oc(-c2cccs2)nc1CN(CC(N)=O)CC(=O)O. The summed E-state index contributed by atoms with van der Waals surface area (Å²) < 4.78 is 5.58. The van der Waals surface area contributed by atoms with E-state index in [-0.39, 0.29) is 19.6 Å². The van der Waals surface area contributed by atoms with Gasteiger partial charge in [-0.25, -0.2) is 4.98 Å². The third-order valence-electron chi connectivity index (χ3n) is 2.74. The second-order valence-electron chi connectivity index (χ2n) is 4.50. The molecule has 2 aromatic heterocycles. The van der Waals surface area contributed by atoms with Gasteiger partial charge in [-0.3, -0.25) is 14.5 Å². The lowest BCUT2D eigenvalue weighted by molar-refractivity contribution is -0.138. The quantitative estimate of drug-likeness (QED) is 0.792. The summed E-state index contributed by atoms with van der Waals surface area (Å²) in [6, 6.07) is 3.78. The number of carbonyl (C=O) groups is 2. The Hall–Kier alpha value is -2.19. The van der Waals surface area contributed by atoms with E-state index in [2.05, 4.69) is 4.98 Å². The third-order valence-corrected chi connectivity index (χ3v) is 3.59. The molecule has 8 heteroatoms. The van der Waals surface area contributed by atoms with Gasteiger partial charge in [0, 0.05) is 6.54 Å². The summed E-state index contributed by atoms with van der Waals surface area (Å²) in [4.78, 5) is 28.5. The molecule has 0 atom stereocenters. The summed E-state index contributed by atoms with van der Waals surface area (Å²) >= 11 is 1.50. The summed E-state index contributed by atoms with van der Waals surface area (Å²) in [6.07, 6.45) is 0. The van der Waals surface area contributed by atoms with Gasteiger partial charge in [0.2, 0.25) is 11.8 Å². The van der Waals surface area contributed by atoms with E-state index in [9.17, 15) is 9.59 Å². The molecule has 21 heavy (non-hydrogen) atoms. The number of nitrogens with zero attached hydrogens (tertiary/aromatic N) is 2. The van der Waals surface area contributed by atoms with Gasteiger partial charge in [0.05, 0.1) is 23.7 Å². The van der Waals surface area contributed by atoms with E-state index in [0.717, 1.165) is 4.88 Å². The number of thiophene rings is 1. The normalized spacial score (nSPS) is 11.0. The van der Waals surface area contributed by atoms with E-state index in [1.807, 2.05) is 17.5 Å². The summed E-state index contributed by atoms with van der Waals surface area (Å²) in [5, 5.41) is 10.8. The molecule has 0 radical (unpaired) electrons. The van der Waals surface area contributed by atoms with Gasteiger partial charge in [0.25, 0.3) is 0 Å². The van der Waals surface area contributed by atoms with Crippen LogP contribution in [0.25, 0.3) is 10.8 Å². The van der Waals surface area contributed by atoms with Crippen molar-refractivity contribution in [1.29, 1.82) is 0 Å². The van der Waals surface area contributed by atoms with Crippen molar-refractivity contribution in [2.75, 3.05) is 13.1 Å². The Bertz CT molecular complexity index is 620. The monoisotopic (exact) mass is 309 g/mol. The lowest BCUT2D eigenvalue weighted by Crippen LogP contribution is -2.37. The number of carbonyl (C=O) groups excluding carboxylic acids is 1. The number of carboxylic acid groups (broad SMARTS) is 1. The molecule has 7 nitrogen and oxygen atoms in total. The summed E-state index contributed by atoms with van der Waals surface area (Å²) in [7, 11) is 0. The van der Waals surface area contributed by atoms with Crippen molar-refractivity contribution in [3.05, 3.63) is 29.0 Å². The van der Waals surface area contributed by atoms with Gasteiger partial charge >= 0.3 is 5.97 Å². The Kier molecular flexibility index (Phi) is 4.71. The number of rotatable bonds is 7. The molecule has 0 aliphatic carbocycles. The minimum absolute atomic E-state index is 0.146. The fraction of sp³-hybridized carbons (Fsp3) is 0.308. The largest absolute Gasteiger partial charge is 0.480 e. The number of aryl methyl sites for hydroxylation is 1. The topological polar surface area (TPSA) is 110 Å². The van der Waals surface area contributed by atoms with Crippen LogP contribution in [0.1, 0.15) is 11.5 Å². The summed E-state index contributed by atoms with van der Waals surface area (Å²) in [5.41, 5.74) is 5.73. The van der Waals surface area contributed by atoms with Crippen molar-refractivity contribution in [3.63, 3.8) is 0 Å². The van der Waals surface area contributed by atoms with Crippen LogP contribution in [0.5, 0.6) is 0 Å². The van der Waals surface area contributed by atoms with E-state index in [4.69, 9.17) is 15.3 Å². The standard InChI is InChI=1S/C13H15N3O4S/c1-8-9(5-16(6-11(14)17)7-12(18)19)15-13(20-8)10-3-2-4-21-10/h2-4H,5-7H2,1H3,(H2,14,17)(H,18,19). The van der Waals surface area contributed by atoms with Crippen LogP contribution in [-0.2, 0) is 16.1 Å². The van der Waals surface area contributed by atoms with Gasteiger partial charge in [0.15, 0.2) is 0 Å². The molecule has 2 heterocycles. The Morgan fingerprint density at radius 2 is 2.24 bits per heavy atom. The minimum Gasteiger partial charge on any atom is -0.480 e. The number of aliphatic carboxylic acids is 1. The molecule has 0 aliphatic heterocycles. The van der Waals surface area contributed by atoms with Crippen LogP contribution in [-0.4, -0.2) is 40.0 Å². The number of hydrogen-bond acceptors (Lipinski definition) is 6. The van der Waals surface area contributed by atoms with Gasteiger partial charge in [-0.1, -0.05) is 6.07 Å². The van der Waals surface area contributed by atoms with Gasteiger partial charge in [-0.2, -0.15) is 0 Å². The Morgan fingerprint density at radius 3 is 2.81 bits per heavy atom. The molecule has 0 saturated carbocycles. The maximum atomic E-state index is 11.0. The smallest absolute Gasteiger partial charge is 0.317 e. The van der Waals surface area contributed by atoms with Crippen LogP contribution in [0.3, 0.4) is 0 Å². The van der Waals surface area contributed by atoms with Crippen molar-refractivity contribution in [1.82, 2.24) is 9.88 Å². The number of nitrogens with two attached hydrogens (primary N) is 1. The van der Waals surface area contributed by atoms with Crippen molar-refractivity contribution >= 4 is 23.2 Å². The fourth-order valence-electron chi connectivity index (χ4n) is 1.87. The lowest BCUT2D eigenvalue weighted by atomic mass is 10.3. The zero-order chi connectivity index (χ0) is 15.4. The first-order valence-electron chi connectivity index (χ1n) is 6.18. The summed E-state index contributed by atoms with van der Waals surface area (Å²) in [5.74, 6) is -0.531. The van der Waals surface area contributed by atoms with Crippen LogP contribution >= 0.6 is 11.3 Å².